The molecule has 1 aliphatic rings. The molecule has 1 amide bonds. The van der Waals surface area contributed by atoms with Crippen molar-refractivity contribution in [1.29, 1.82) is 0 Å². The Balaban J connectivity index is 1.48. The van der Waals surface area contributed by atoms with Gasteiger partial charge in [-0.2, -0.15) is 5.10 Å². The summed E-state index contributed by atoms with van der Waals surface area (Å²) in [6.07, 6.45) is 3.70. The number of ether oxygens (including phenoxy) is 1. The van der Waals surface area contributed by atoms with Crippen LogP contribution in [0.4, 0.5) is 5.13 Å². The number of carbonyl (C=O) groups excluding carboxylic acids is 1. The van der Waals surface area contributed by atoms with Gasteiger partial charge in [0.05, 0.1) is 25.8 Å². The number of aromatic nitrogens is 4. The predicted molar refractivity (Wildman–Crippen MR) is 76.9 cm³/mol. The van der Waals surface area contributed by atoms with Gasteiger partial charge in [0, 0.05) is 25.5 Å². The van der Waals surface area contributed by atoms with E-state index in [1.807, 2.05) is 16.9 Å². The van der Waals surface area contributed by atoms with E-state index in [1.165, 1.54) is 11.3 Å². The lowest BCUT2D eigenvalue weighted by atomic mass is 10.2. The Bertz CT molecular complexity index is 558. The van der Waals surface area contributed by atoms with Gasteiger partial charge in [-0.15, -0.1) is 10.2 Å². The number of nitrogens with zero attached hydrogens (tertiary/aromatic N) is 5. The summed E-state index contributed by atoms with van der Waals surface area (Å²) in [6.45, 7) is 3.11. The van der Waals surface area contributed by atoms with E-state index in [0.717, 1.165) is 6.54 Å². The first kappa shape index (κ1) is 14.1. The van der Waals surface area contributed by atoms with Crippen LogP contribution in [0, 0.1) is 0 Å². The van der Waals surface area contributed by atoms with Crippen molar-refractivity contribution in [1.82, 2.24) is 24.9 Å². The molecule has 3 rings (SSSR count). The molecule has 3 heterocycles. The number of amides is 1. The van der Waals surface area contributed by atoms with E-state index in [2.05, 4.69) is 25.5 Å². The SMILES string of the molecule is O=C(CN1CCO[C@@H](Cn2cccn2)C1)Nc1nncs1. The highest BCUT2D eigenvalue weighted by Crippen LogP contribution is 2.10. The van der Waals surface area contributed by atoms with Crippen LogP contribution >= 0.6 is 11.3 Å². The first-order valence-electron chi connectivity index (χ1n) is 6.67. The van der Waals surface area contributed by atoms with E-state index in [1.54, 1.807) is 11.7 Å². The van der Waals surface area contributed by atoms with Crippen molar-refractivity contribution in [2.45, 2.75) is 12.6 Å². The number of morpholine rings is 1. The van der Waals surface area contributed by atoms with Crippen molar-refractivity contribution >= 4 is 22.4 Å². The molecule has 112 valence electrons. The lowest BCUT2D eigenvalue weighted by molar-refractivity contribution is -0.119. The number of hydrogen-bond donors (Lipinski definition) is 1. The summed E-state index contributed by atoms with van der Waals surface area (Å²) in [7, 11) is 0. The molecule has 0 aromatic carbocycles. The Labute approximate surface area is 125 Å². The third-order valence-corrected chi connectivity index (χ3v) is 3.75. The summed E-state index contributed by atoms with van der Waals surface area (Å²) in [6, 6.07) is 1.89. The van der Waals surface area contributed by atoms with E-state index in [4.69, 9.17) is 4.74 Å². The van der Waals surface area contributed by atoms with Crippen molar-refractivity contribution in [2.75, 3.05) is 31.6 Å². The van der Waals surface area contributed by atoms with Gasteiger partial charge in [0.25, 0.3) is 0 Å². The highest BCUT2D eigenvalue weighted by atomic mass is 32.1. The standard InChI is InChI=1S/C12H16N6O2S/c19-11(15-12-16-13-9-21-12)8-17-4-5-20-10(6-17)7-18-3-1-2-14-18/h1-3,9-10H,4-8H2,(H,15,16,19)/t10-/m1/s1. The molecule has 0 aliphatic carbocycles. The first-order valence-corrected chi connectivity index (χ1v) is 7.55. The molecule has 1 N–H and O–H groups in total. The monoisotopic (exact) mass is 308 g/mol. The average Bonchev–Trinajstić information content (AvgIpc) is 3.12. The van der Waals surface area contributed by atoms with E-state index >= 15 is 0 Å². The molecule has 1 atom stereocenters. The molecule has 0 bridgehead atoms. The van der Waals surface area contributed by atoms with Crippen LogP contribution in [-0.4, -0.2) is 63.1 Å². The fraction of sp³-hybridized carbons (Fsp3) is 0.500. The number of rotatable bonds is 5. The van der Waals surface area contributed by atoms with Crippen LogP contribution in [0.3, 0.4) is 0 Å². The Morgan fingerprint density at radius 1 is 1.57 bits per heavy atom. The van der Waals surface area contributed by atoms with Gasteiger partial charge in [0.2, 0.25) is 11.0 Å². The topological polar surface area (TPSA) is 85.2 Å². The van der Waals surface area contributed by atoms with Gasteiger partial charge >= 0.3 is 0 Å². The Morgan fingerprint density at radius 2 is 2.52 bits per heavy atom. The van der Waals surface area contributed by atoms with Crippen LogP contribution in [0.1, 0.15) is 0 Å². The van der Waals surface area contributed by atoms with Gasteiger partial charge in [-0.05, 0) is 6.07 Å². The molecular weight excluding hydrogens is 292 g/mol. The summed E-state index contributed by atoms with van der Waals surface area (Å²) in [5.74, 6) is -0.0773. The van der Waals surface area contributed by atoms with Crippen LogP contribution in [0.2, 0.25) is 0 Å². The normalized spacial score (nSPS) is 19.5. The predicted octanol–water partition coefficient (Wildman–Crippen LogP) is 0.0741. The molecule has 21 heavy (non-hydrogen) atoms. The lowest BCUT2D eigenvalue weighted by Gasteiger charge is -2.32. The zero-order chi connectivity index (χ0) is 14.5. The second-order valence-corrected chi connectivity index (χ2v) is 5.58. The Kier molecular flexibility index (Phi) is 4.53. The van der Waals surface area contributed by atoms with E-state index in [-0.39, 0.29) is 12.0 Å². The smallest absolute Gasteiger partial charge is 0.240 e. The number of hydrogen-bond acceptors (Lipinski definition) is 7. The minimum atomic E-state index is -0.0773. The molecule has 0 spiro atoms. The average molecular weight is 308 g/mol. The molecule has 1 aliphatic heterocycles. The van der Waals surface area contributed by atoms with Crippen LogP contribution in [0.25, 0.3) is 0 Å². The molecule has 1 fully saturated rings. The molecule has 2 aromatic heterocycles. The number of carbonyl (C=O) groups is 1. The maximum absolute atomic E-state index is 11.9. The zero-order valence-electron chi connectivity index (χ0n) is 11.4. The molecule has 1 saturated heterocycles. The van der Waals surface area contributed by atoms with Crippen LogP contribution in [-0.2, 0) is 16.1 Å². The van der Waals surface area contributed by atoms with Gasteiger partial charge < -0.3 is 4.74 Å². The Hall–Kier alpha value is -1.84. The minimum Gasteiger partial charge on any atom is -0.374 e. The maximum atomic E-state index is 11.9. The van der Waals surface area contributed by atoms with Gasteiger partial charge in [-0.3, -0.25) is 19.7 Å². The second kappa shape index (κ2) is 6.74. The highest BCUT2D eigenvalue weighted by molar-refractivity contribution is 7.13. The van der Waals surface area contributed by atoms with Gasteiger partial charge in [0.15, 0.2) is 0 Å². The molecule has 2 aromatic rings. The molecule has 0 saturated carbocycles. The van der Waals surface area contributed by atoms with Crippen molar-refractivity contribution in [3.8, 4) is 0 Å². The van der Waals surface area contributed by atoms with Crippen molar-refractivity contribution < 1.29 is 9.53 Å². The summed E-state index contributed by atoms with van der Waals surface area (Å²) < 4.78 is 7.56. The molecule has 9 heteroatoms. The van der Waals surface area contributed by atoms with Crippen LogP contribution in [0.15, 0.2) is 24.0 Å². The largest absolute Gasteiger partial charge is 0.374 e. The zero-order valence-corrected chi connectivity index (χ0v) is 12.2. The van der Waals surface area contributed by atoms with Crippen LogP contribution < -0.4 is 5.32 Å². The van der Waals surface area contributed by atoms with Gasteiger partial charge in [-0.25, -0.2) is 0 Å². The van der Waals surface area contributed by atoms with E-state index in [9.17, 15) is 4.79 Å². The van der Waals surface area contributed by atoms with E-state index in [0.29, 0.717) is 31.4 Å². The molecule has 0 radical (unpaired) electrons. The van der Waals surface area contributed by atoms with Gasteiger partial charge in [0.1, 0.15) is 5.51 Å². The summed E-state index contributed by atoms with van der Waals surface area (Å²) in [5.41, 5.74) is 1.59. The summed E-state index contributed by atoms with van der Waals surface area (Å²) in [4.78, 5) is 14.0. The fourth-order valence-corrected chi connectivity index (χ4v) is 2.70. The lowest BCUT2D eigenvalue weighted by Crippen LogP contribution is -2.47. The number of anilines is 1. The molecule has 8 nitrogen and oxygen atoms in total. The summed E-state index contributed by atoms with van der Waals surface area (Å²) >= 11 is 1.31. The Morgan fingerprint density at radius 3 is 3.29 bits per heavy atom. The second-order valence-electron chi connectivity index (χ2n) is 4.75. The molecular formula is C12H16N6O2S. The maximum Gasteiger partial charge on any atom is 0.240 e. The first-order chi connectivity index (χ1) is 10.3. The quantitative estimate of drug-likeness (QED) is 0.841. The van der Waals surface area contributed by atoms with Crippen LogP contribution in [0.5, 0.6) is 0 Å². The fourth-order valence-electron chi connectivity index (χ4n) is 2.24. The minimum absolute atomic E-state index is 0.0491. The van der Waals surface area contributed by atoms with E-state index < -0.39 is 0 Å². The van der Waals surface area contributed by atoms with Crippen molar-refractivity contribution in [3.05, 3.63) is 24.0 Å². The van der Waals surface area contributed by atoms with Crippen molar-refractivity contribution in [3.63, 3.8) is 0 Å². The number of nitrogens with one attached hydrogen (secondary N) is 1. The third kappa shape index (κ3) is 4.06. The molecule has 0 unspecified atom stereocenters. The summed E-state index contributed by atoms with van der Waals surface area (Å²) in [5, 5.41) is 14.9. The van der Waals surface area contributed by atoms with Gasteiger partial charge in [-0.1, -0.05) is 11.3 Å². The highest BCUT2D eigenvalue weighted by Gasteiger charge is 2.22. The third-order valence-electron chi connectivity index (χ3n) is 3.15. The van der Waals surface area contributed by atoms with Crippen molar-refractivity contribution in [2.24, 2.45) is 0 Å².